The number of benzene rings is 2. The van der Waals surface area contributed by atoms with Gasteiger partial charge in [-0.2, -0.15) is 0 Å². The summed E-state index contributed by atoms with van der Waals surface area (Å²) in [6.45, 7) is 12.0. The average molecular weight is 410 g/mol. The maximum absolute atomic E-state index is 5.84. The predicted molar refractivity (Wildman–Crippen MR) is 130 cm³/mol. The van der Waals surface area contributed by atoms with Crippen LogP contribution in [0, 0.1) is 6.92 Å². The first-order chi connectivity index (χ1) is 14.0. The molecule has 156 valence electrons. The van der Waals surface area contributed by atoms with Crippen molar-refractivity contribution in [3.8, 4) is 0 Å². The molecule has 3 rings (SSSR count). The molecule has 0 bridgehead atoms. The maximum atomic E-state index is 5.84. The van der Waals surface area contributed by atoms with E-state index in [0.29, 0.717) is 6.04 Å². The molecule has 1 aliphatic heterocycles. The van der Waals surface area contributed by atoms with Crippen LogP contribution in [0.1, 0.15) is 56.7 Å². The Bertz CT molecular complexity index is 833. The van der Waals surface area contributed by atoms with Gasteiger partial charge in [0.05, 0.1) is 0 Å². The van der Waals surface area contributed by atoms with Gasteiger partial charge in [0.1, 0.15) is 0 Å². The van der Waals surface area contributed by atoms with Gasteiger partial charge in [-0.3, -0.25) is 0 Å². The number of nitrogens with one attached hydrogen (secondary N) is 1. The molecule has 1 N–H and O–H groups in total. The van der Waals surface area contributed by atoms with Crippen molar-refractivity contribution in [2.24, 2.45) is 0 Å². The largest absolute Gasteiger partial charge is 0.371 e. The van der Waals surface area contributed by atoms with E-state index < -0.39 is 0 Å². The van der Waals surface area contributed by atoms with Gasteiger partial charge >= 0.3 is 0 Å². The van der Waals surface area contributed by atoms with Gasteiger partial charge in [0, 0.05) is 37.1 Å². The van der Waals surface area contributed by atoms with Gasteiger partial charge in [-0.1, -0.05) is 44.2 Å². The van der Waals surface area contributed by atoms with Crippen LogP contribution in [-0.2, 0) is 13.0 Å². The second-order valence-corrected chi connectivity index (χ2v) is 8.57. The Morgan fingerprint density at radius 3 is 2.72 bits per heavy atom. The van der Waals surface area contributed by atoms with Gasteiger partial charge in [0.25, 0.3) is 0 Å². The lowest BCUT2D eigenvalue weighted by Gasteiger charge is -2.34. The number of hydrogen-bond acceptors (Lipinski definition) is 2. The zero-order chi connectivity index (χ0) is 20.8. The van der Waals surface area contributed by atoms with E-state index in [0.717, 1.165) is 30.3 Å². The highest BCUT2D eigenvalue weighted by Gasteiger charge is 2.20. The standard InChI is InChI=1S/C25H35N3S/c1-5-15-27-16-9-11-22-17-21(13-14-24(22)27)18-28(20(4)6-2)25(29)26-23-12-8-7-10-19(23)3/h7-8,10,12-14,17,20H,5-6,9,11,15-16,18H2,1-4H3,(H,26,29)/t20-/m1/s1. The van der Waals surface area contributed by atoms with Crippen molar-refractivity contribution in [2.75, 3.05) is 23.3 Å². The van der Waals surface area contributed by atoms with E-state index in [4.69, 9.17) is 12.2 Å². The van der Waals surface area contributed by atoms with Crippen LogP contribution in [0.4, 0.5) is 11.4 Å². The molecule has 0 radical (unpaired) electrons. The highest BCUT2D eigenvalue weighted by molar-refractivity contribution is 7.80. The third-order valence-electron chi connectivity index (χ3n) is 5.98. The zero-order valence-corrected chi connectivity index (χ0v) is 19.2. The number of anilines is 2. The molecule has 0 amide bonds. The summed E-state index contributed by atoms with van der Waals surface area (Å²) in [5.41, 5.74) is 6.56. The highest BCUT2D eigenvalue weighted by Crippen LogP contribution is 2.29. The van der Waals surface area contributed by atoms with Crippen molar-refractivity contribution in [3.63, 3.8) is 0 Å². The lowest BCUT2D eigenvalue weighted by Crippen LogP contribution is -2.40. The van der Waals surface area contributed by atoms with E-state index in [1.54, 1.807) is 0 Å². The SMILES string of the molecule is CCCN1CCCc2cc(CN(C(=S)Nc3ccccc3C)[C@H](C)CC)ccc21. The Balaban J connectivity index is 1.78. The predicted octanol–water partition coefficient (Wildman–Crippen LogP) is 6.16. The monoisotopic (exact) mass is 409 g/mol. The molecule has 2 aromatic rings. The molecule has 0 aromatic heterocycles. The minimum Gasteiger partial charge on any atom is -0.371 e. The second kappa shape index (κ2) is 10.1. The fourth-order valence-electron chi connectivity index (χ4n) is 4.07. The minimum atomic E-state index is 0.381. The summed E-state index contributed by atoms with van der Waals surface area (Å²) in [5, 5.41) is 4.29. The Morgan fingerprint density at radius 1 is 1.21 bits per heavy atom. The Kier molecular flexibility index (Phi) is 7.54. The Hall–Kier alpha value is -2.07. The van der Waals surface area contributed by atoms with Crippen LogP contribution in [-0.4, -0.2) is 29.1 Å². The molecular formula is C25H35N3S. The summed E-state index contributed by atoms with van der Waals surface area (Å²) in [5.74, 6) is 0. The van der Waals surface area contributed by atoms with Gasteiger partial charge in [0.15, 0.2) is 5.11 Å². The normalized spacial score (nSPS) is 14.3. The Labute approximate surface area is 182 Å². The van der Waals surface area contributed by atoms with Gasteiger partial charge < -0.3 is 15.1 Å². The summed E-state index contributed by atoms with van der Waals surface area (Å²) < 4.78 is 0. The lowest BCUT2D eigenvalue weighted by molar-refractivity contribution is 0.319. The molecule has 2 aromatic carbocycles. The third kappa shape index (κ3) is 5.30. The van der Waals surface area contributed by atoms with Crippen molar-refractivity contribution in [1.29, 1.82) is 0 Å². The number of aryl methyl sites for hydroxylation is 2. The molecule has 0 spiro atoms. The van der Waals surface area contributed by atoms with E-state index in [1.165, 1.54) is 48.2 Å². The van der Waals surface area contributed by atoms with Gasteiger partial charge in [-0.05, 0) is 80.6 Å². The molecule has 0 saturated carbocycles. The number of hydrogen-bond donors (Lipinski definition) is 1. The fourth-order valence-corrected chi connectivity index (χ4v) is 4.43. The fraction of sp³-hybridized carbons (Fsp3) is 0.480. The number of para-hydroxylation sites is 1. The zero-order valence-electron chi connectivity index (χ0n) is 18.4. The van der Waals surface area contributed by atoms with E-state index in [9.17, 15) is 0 Å². The molecule has 0 aliphatic carbocycles. The summed E-state index contributed by atoms with van der Waals surface area (Å²) in [4.78, 5) is 4.87. The van der Waals surface area contributed by atoms with Gasteiger partial charge in [0.2, 0.25) is 0 Å². The molecular weight excluding hydrogens is 374 g/mol. The quantitative estimate of drug-likeness (QED) is 0.552. The van der Waals surface area contributed by atoms with Crippen molar-refractivity contribution >= 4 is 28.7 Å². The summed E-state index contributed by atoms with van der Waals surface area (Å²) in [6.07, 6.45) is 4.68. The van der Waals surface area contributed by atoms with Crippen LogP contribution in [0.15, 0.2) is 42.5 Å². The van der Waals surface area contributed by atoms with Crippen LogP contribution in [0.3, 0.4) is 0 Å². The van der Waals surface area contributed by atoms with Crippen LogP contribution in [0.25, 0.3) is 0 Å². The molecule has 29 heavy (non-hydrogen) atoms. The Morgan fingerprint density at radius 2 is 2.00 bits per heavy atom. The van der Waals surface area contributed by atoms with E-state index >= 15 is 0 Å². The number of fused-ring (bicyclic) bond motifs is 1. The van der Waals surface area contributed by atoms with Gasteiger partial charge in [-0.25, -0.2) is 0 Å². The molecule has 0 unspecified atom stereocenters. The van der Waals surface area contributed by atoms with Gasteiger partial charge in [-0.15, -0.1) is 0 Å². The van der Waals surface area contributed by atoms with Crippen LogP contribution >= 0.6 is 12.2 Å². The van der Waals surface area contributed by atoms with Crippen LogP contribution < -0.4 is 10.2 Å². The van der Waals surface area contributed by atoms with E-state index in [-0.39, 0.29) is 0 Å². The molecule has 3 nitrogen and oxygen atoms in total. The second-order valence-electron chi connectivity index (χ2n) is 8.18. The van der Waals surface area contributed by atoms with Crippen molar-refractivity contribution in [3.05, 3.63) is 59.2 Å². The molecule has 1 atom stereocenters. The molecule has 0 fully saturated rings. The smallest absolute Gasteiger partial charge is 0.173 e. The number of thiocarbonyl (C=S) groups is 1. The van der Waals surface area contributed by atoms with Crippen molar-refractivity contribution in [2.45, 2.75) is 66.0 Å². The van der Waals surface area contributed by atoms with Crippen molar-refractivity contribution in [1.82, 2.24) is 4.90 Å². The highest BCUT2D eigenvalue weighted by atomic mass is 32.1. The third-order valence-corrected chi connectivity index (χ3v) is 6.31. The number of nitrogens with zero attached hydrogens (tertiary/aromatic N) is 2. The average Bonchev–Trinajstić information content (AvgIpc) is 2.73. The first kappa shape index (κ1) is 21.6. The topological polar surface area (TPSA) is 18.5 Å². The molecule has 4 heteroatoms. The minimum absolute atomic E-state index is 0.381. The van der Waals surface area contributed by atoms with E-state index in [2.05, 4.69) is 85.3 Å². The molecule has 0 saturated heterocycles. The first-order valence-electron chi connectivity index (χ1n) is 11.0. The first-order valence-corrected chi connectivity index (χ1v) is 11.4. The summed E-state index contributed by atoms with van der Waals surface area (Å²) >= 11 is 5.84. The van der Waals surface area contributed by atoms with E-state index in [1.807, 2.05) is 0 Å². The van der Waals surface area contributed by atoms with Crippen LogP contribution in [0.2, 0.25) is 0 Å². The molecule has 1 heterocycles. The number of rotatable bonds is 7. The lowest BCUT2D eigenvalue weighted by atomic mass is 9.98. The van der Waals surface area contributed by atoms with Crippen LogP contribution in [0.5, 0.6) is 0 Å². The summed E-state index contributed by atoms with van der Waals surface area (Å²) in [6, 6.07) is 15.7. The van der Waals surface area contributed by atoms with Crippen molar-refractivity contribution < 1.29 is 0 Å². The summed E-state index contributed by atoms with van der Waals surface area (Å²) in [7, 11) is 0. The maximum Gasteiger partial charge on any atom is 0.173 e. The molecule has 1 aliphatic rings.